The van der Waals surface area contributed by atoms with Crippen LogP contribution in [0.3, 0.4) is 0 Å². The molecule has 0 radical (unpaired) electrons. The number of ether oxygens (including phenoxy) is 1. The lowest BCUT2D eigenvalue weighted by atomic mass is 10.2. The Hall–Kier alpha value is -2.49. The van der Waals surface area contributed by atoms with Crippen molar-refractivity contribution in [2.45, 2.75) is 13.1 Å². The van der Waals surface area contributed by atoms with Crippen LogP contribution in [0.25, 0.3) is 0 Å². The van der Waals surface area contributed by atoms with Crippen LogP contribution in [-0.2, 0) is 15.7 Å². The number of anilines is 1. The first-order chi connectivity index (χ1) is 9.38. The number of nitriles is 1. The van der Waals surface area contributed by atoms with Gasteiger partial charge >= 0.3 is 6.18 Å². The molecule has 1 amide bonds. The second-order valence-electron chi connectivity index (χ2n) is 3.63. The Morgan fingerprint density at radius 2 is 2.20 bits per heavy atom. The van der Waals surface area contributed by atoms with Crippen molar-refractivity contribution in [3.05, 3.63) is 41.7 Å². The first-order valence-corrected chi connectivity index (χ1v) is 5.59. The van der Waals surface area contributed by atoms with Crippen LogP contribution in [0.1, 0.15) is 12.5 Å². The topological polar surface area (TPSA) is 62.1 Å². The highest BCUT2D eigenvalue weighted by molar-refractivity contribution is 6.06. The standard InChI is InChI=1S/C13H11F3N2O2/c1-2-20-8-9(7-17)12(19)18-11-5-3-4-10(6-11)13(14,15)16/h3-6,8H,2H2,1H3,(H,18,19)/b9-8-. The third-order valence-electron chi connectivity index (χ3n) is 2.18. The van der Waals surface area contributed by atoms with Gasteiger partial charge in [-0.3, -0.25) is 4.79 Å². The molecule has 106 valence electrons. The number of nitrogens with zero attached hydrogens (tertiary/aromatic N) is 1. The summed E-state index contributed by atoms with van der Waals surface area (Å²) in [7, 11) is 0. The van der Waals surface area contributed by atoms with E-state index >= 15 is 0 Å². The van der Waals surface area contributed by atoms with E-state index in [2.05, 4.69) is 5.32 Å². The van der Waals surface area contributed by atoms with Gasteiger partial charge in [0.2, 0.25) is 0 Å². The Morgan fingerprint density at radius 3 is 2.75 bits per heavy atom. The van der Waals surface area contributed by atoms with E-state index in [4.69, 9.17) is 10.00 Å². The molecule has 20 heavy (non-hydrogen) atoms. The van der Waals surface area contributed by atoms with Crippen LogP contribution in [0.2, 0.25) is 0 Å². The zero-order valence-electron chi connectivity index (χ0n) is 10.5. The van der Waals surface area contributed by atoms with Gasteiger partial charge in [0.15, 0.2) is 5.57 Å². The molecule has 0 aliphatic carbocycles. The number of rotatable bonds is 4. The van der Waals surface area contributed by atoms with Crippen LogP contribution in [-0.4, -0.2) is 12.5 Å². The van der Waals surface area contributed by atoms with Crippen LogP contribution in [0.5, 0.6) is 0 Å². The number of hydrogen-bond acceptors (Lipinski definition) is 3. The summed E-state index contributed by atoms with van der Waals surface area (Å²) in [6.45, 7) is 1.93. The van der Waals surface area contributed by atoms with Crippen LogP contribution in [0.4, 0.5) is 18.9 Å². The minimum atomic E-state index is -4.50. The highest BCUT2D eigenvalue weighted by Crippen LogP contribution is 2.30. The Kier molecular flexibility index (Phi) is 5.15. The fourth-order valence-electron chi connectivity index (χ4n) is 1.27. The normalized spacial score (nSPS) is 11.7. The number of alkyl halides is 3. The van der Waals surface area contributed by atoms with E-state index < -0.39 is 17.6 Å². The van der Waals surface area contributed by atoms with Crippen molar-refractivity contribution in [2.24, 2.45) is 0 Å². The largest absolute Gasteiger partial charge is 0.500 e. The summed E-state index contributed by atoms with van der Waals surface area (Å²) in [4.78, 5) is 11.6. The molecule has 0 bridgehead atoms. The summed E-state index contributed by atoms with van der Waals surface area (Å²) in [6.07, 6.45) is -3.54. The molecule has 0 saturated heterocycles. The van der Waals surface area contributed by atoms with E-state index in [1.807, 2.05) is 0 Å². The first kappa shape index (κ1) is 15.6. The van der Waals surface area contributed by atoms with Crippen LogP contribution < -0.4 is 5.32 Å². The smallest absolute Gasteiger partial charge is 0.416 e. The predicted molar refractivity (Wildman–Crippen MR) is 65.4 cm³/mol. The molecular weight excluding hydrogens is 273 g/mol. The number of benzene rings is 1. The van der Waals surface area contributed by atoms with Gasteiger partial charge in [0.05, 0.1) is 12.2 Å². The van der Waals surface area contributed by atoms with Crippen molar-refractivity contribution in [3.8, 4) is 6.07 Å². The summed E-state index contributed by atoms with van der Waals surface area (Å²) in [5, 5.41) is 11.0. The van der Waals surface area contributed by atoms with E-state index in [9.17, 15) is 18.0 Å². The molecule has 1 rings (SSSR count). The summed E-state index contributed by atoms with van der Waals surface area (Å²) in [5.41, 5.74) is -1.27. The summed E-state index contributed by atoms with van der Waals surface area (Å²) in [6, 6.07) is 5.73. The number of carbonyl (C=O) groups excluding carboxylic acids is 1. The van der Waals surface area contributed by atoms with Gasteiger partial charge in [0, 0.05) is 5.69 Å². The highest BCUT2D eigenvalue weighted by Gasteiger charge is 2.30. The molecule has 1 N–H and O–H groups in total. The second-order valence-corrected chi connectivity index (χ2v) is 3.63. The highest BCUT2D eigenvalue weighted by atomic mass is 19.4. The summed E-state index contributed by atoms with van der Waals surface area (Å²) >= 11 is 0. The lowest BCUT2D eigenvalue weighted by Crippen LogP contribution is -2.14. The van der Waals surface area contributed by atoms with Crippen molar-refractivity contribution in [1.82, 2.24) is 0 Å². The van der Waals surface area contributed by atoms with Crippen LogP contribution in [0.15, 0.2) is 36.1 Å². The molecule has 0 unspecified atom stereocenters. The summed E-state index contributed by atoms with van der Waals surface area (Å²) < 4.78 is 42.3. The van der Waals surface area contributed by atoms with E-state index in [1.54, 1.807) is 13.0 Å². The lowest BCUT2D eigenvalue weighted by Gasteiger charge is -2.09. The Labute approximate surface area is 113 Å². The monoisotopic (exact) mass is 284 g/mol. The van der Waals surface area contributed by atoms with Gasteiger partial charge < -0.3 is 10.1 Å². The third-order valence-corrected chi connectivity index (χ3v) is 2.18. The summed E-state index contributed by atoms with van der Waals surface area (Å²) in [5.74, 6) is -0.833. The molecule has 1 aromatic rings. The SMILES string of the molecule is CCO/C=C(/C#N)C(=O)Nc1cccc(C(F)(F)F)c1. The predicted octanol–water partition coefficient (Wildman–Crippen LogP) is 3.09. The van der Waals surface area contributed by atoms with E-state index in [0.717, 1.165) is 24.5 Å². The maximum absolute atomic E-state index is 12.5. The van der Waals surface area contributed by atoms with Gasteiger partial charge in [-0.25, -0.2) is 0 Å². The third kappa shape index (κ3) is 4.31. The van der Waals surface area contributed by atoms with Crippen LogP contribution >= 0.6 is 0 Å². The van der Waals surface area contributed by atoms with E-state index in [1.165, 1.54) is 6.07 Å². The van der Waals surface area contributed by atoms with Crippen molar-refractivity contribution in [1.29, 1.82) is 5.26 Å². The maximum Gasteiger partial charge on any atom is 0.416 e. The van der Waals surface area contributed by atoms with Gasteiger partial charge in [-0.05, 0) is 25.1 Å². The molecule has 0 spiro atoms. The maximum atomic E-state index is 12.5. The second kappa shape index (κ2) is 6.61. The lowest BCUT2D eigenvalue weighted by molar-refractivity contribution is -0.137. The average Bonchev–Trinajstić information content (AvgIpc) is 2.39. The Bertz CT molecular complexity index is 559. The quantitative estimate of drug-likeness (QED) is 0.525. The molecule has 1 aromatic carbocycles. The fourth-order valence-corrected chi connectivity index (χ4v) is 1.27. The minimum Gasteiger partial charge on any atom is -0.500 e. The zero-order chi connectivity index (χ0) is 15.2. The van der Waals surface area contributed by atoms with Crippen molar-refractivity contribution >= 4 is 11.6 Å². The molecule has 0 aliphatic rings. The molecule has 7 heteroatoms. The number of nitrogens with one attached hydrogen (secondary N) is 1. The zero-order valence-corrected chi connectivity index (χ0v) is 10.5. The average molecular weight is 284 g/mol. The Balaban J connectivity index is 2.89. The van der Waals surface area contributed by atoms with Gasteiger partial charge in [-0.2, -0.15) is 18.4 Å². The molecule has 0 aliphatic heterocycles. The van der Waals surface area contributed by atoms with Gasteiger partial charge in [-0.1, -0.05) is 6.07 Å². The van der Waals surface area contributed by atoms with Crippen molar-refractivity contribution in [2.75, 3.05) is 11.9 Å². The number of hydrogen-bond donors (Lipinski definition) is 1. The number of carbonyl (C=O) groups is 1. The minimum absolute atomic E-state index is 0.0533. The fraction of sp³-hybridized carbons (Fsp3) is 0.231. The number of amides is 1. The number of halogens is 3. The van der Waals surface area contributed by atoms with Crippen molar-refractivity contribution < 1.29 is 22.7 Å². The molecular formula is C13H11F3N2O2. The molecule has 4 nitrogen and oxygen atoms in total. The molecule has 0 fully saturated rings. The first-order valence-electron chi connectivity index (χ1n) is 5.59. The van der Waals surface area contributed by atoms with Gasteiger partial charge in [-0.15, -0.1) is 0 Å². The Morgan fingerprint density at radius 1 is 1.50 bits per heavy atom. The van der Waals surface area contributed by atoms with Crippen LogP contribution in [0, 0.1) is 11.3 Å². The van der Waals surface area contributed by atoms with E-state index in [-0.39, 0.29) is 17.9 Å². The van der Waals surface area contributed by atoms with E-state index in [0.29, 0.717) is 0 Å². The van der Waals surface area contributed by atoms with Crippen molar-refractivity contribution in [3.63, 3.8) is 0 Å². The molecule has 0 aromatic heterocycles. The molecule has 0 atom stereocenters. The van der Waals surface area contributed by atoms with Gasteiger partial charge in [0.1, 0.15) is 12.3 Å². The van der Waals surface area contributed by atoms with Gasteiger partial charge in [0.25, 0.3) is 5.91 Å². The molecule has 0 heterocycles. The molecule has 0 saturated carbocycles.